The van der Waals surface area contributed by atoms with Gasteiger partial charge in [-0.05, 0) is 25.8 Å². The van der Waals surface area contributed by atoms with Gasteiger partial charge in [0.2, 0.25) is 5.91 Å². The zero-order valence-corrected chi connectivity index (χ0v) is 11.8. The van der Waals surface area contributed by atoms with Crippen LogP contribution >= 0.6 is 0 Å². The Labute approximate surface area is 114 Å². The van der Waals surface area contributed by atoms with Gasteiger partial charge in [0.15, 0.2) is 0 Å². The van der Waals surface area contributed by atoms with Crippen LogP contribution in [-0.4, -0.2) is 31.7 Å². The quantitative estimate of drug-likeness (QED) is 0.865. The van der Waals surface area contributed by atoms with Crippen LogP contribution in [0.3, 0.4) is 0 Å². The molecule has 0 bridgehead atoms. The molecule has 1 aromatic carbocycles. The Kier molecular flexibility index (Phi) is 4.56. The van der Waals surface area contributed by atoms with E-state index in [0.717, 1.165) is 18.5 Å². The first-order valence-electron chi connectivity index (χ1n) is 6.73. The van der Waals surface area contributed by atoms with Crippen LogP contribution in [0.15, 0.2) is 24.3 Å². The Morgan fingerprint density at radius 2 is 2.32 bits per heavy atom. The van der Waals surface area contributed by atoms with Crippen LogP contribution in [0, 0.1) is 6.92 Å². The molecule has 0 saturated carbocycles. The zero-order chi connectivity index (χ0) is 13.8. The van der Waals surface area contributed by atoms with E-state index in [1.807, 2.05) is 19.1 Å². The van der Waals surface area contributed by atoms with Crippen molar-refractivity contribution in [1.29, 1.82) is 0 Å². The largest absolute Gasteiger partial charge is 0.380 e. The van der Waals surface area contributed by atoms with Gasteiger partial charge in [0.25, 0.3) is 0 Å². The first-order valence-corrected chi connectivity index (χ1v) is 6.73. The molecule has 4 heteroatoms. The average Bonchev–Trinajstić information content (AvgIpc) is 2.87. The second-order valence-corrected chi connectivity index (χ2v) is 5.20. The van der Waals surface area contributed by atoms with Crippen molar-refractivity contribution < 1.29 is 9.53 Å². The number of carbonyl (C=O) groups excluding carboxylic acids is 1. The van der Waals surface area contributed by atoms with Gasteiger partial charge >= 0.3 is 0 Å². The highest BCUT2D eigenvalue weighted by Crippen LogP contribution is 2.15. The molecular formula is C15H22N2O2. The molecule has 104 valence electrons. The Balaban J connectivity index is 1.92. The summed E-state index contributed by atoms with van der Waals surface area (Å²) >= 11 is 0. The molecule has 0 aliphatic carbocycles. The summed E-state index contributed by atoms with van der Waals surface area (Å²) in [6.07, 6.45) is 0.883. The lowest BCUT2D eigenvalue weighted by Crippen LogP contribution is -2.41. The Morgan fingerprint density at radius 3 is 2.95 bits per heavy atom. The molecule has 0 radical (unpaired) electrons. The summed E-state index contributed by atoms with van der Waals surface area (Å²) in [6, 6.07) is 8.10. The van der Waals surface area contributed by atoms with E-state index >= 15 is 0 Å². The van der Waals surface area contributed by atoms with Crippen LogP contribution in [0.2, 0.25) is 0 Å². The van der Waals surface area contributed by atoms with Crippen LogP contribution < -0.4 is 10.6 Å². The van der Waals surface area contributed by atoms with E-state index in [9.17, 15) is 4.79 Å². The summed E-state index contributed by atoms with van der Waals surface area (Å²) in [7, 11) is 1.68. The van der Waals surface area contributed by atoms with E-state index in [1.54, 1.807) is 7.11 Å². The number of aryl methyl sites for hydroxylation is 1. The third-order valence-corrected chi connectivity index (χ3v) is 3.64. The number of benzene rings is 1. The van der Waals surface area contributed by atoms with Gasteiger partial charge in [-0.25, -0.2) is 0 Å². The molecule has 2 N–H and O–H groups in total. The minimum Gasteiger partial charge on any atom is -0.380 e. The minimum atomic E-state index is -0.141. The molecule has 0 spiro atoms. The molecule has 4 nitrogen and oxygen atoms in total. The zero-order valence-electron chi connectivity index (χ0n) is 11.8. The molecular weight excluding hydrogens is 240 g/mol. The van der Waals surface area contributed by atoms with E-state index in [-0.39, 0.29) is 24.1 Å². The third-order valence-electron chi connectivity index (χ3n) is 3.64. The molecule has 1 aliphatic heterocycles. The highest BCUT2D eigenvalue weighted by Gasteiger charge is 2.29. The topological polar surface area (TPSA) is 50.4 Å². The van der Waals surface area contributed by atoms with E-state index in [0.29, 0.717) is 0 Å². The maximum atomic E-state index is 12.1. The minimum absolute atomic E-state index is 0.0239. The highest BCUT2D eigenvalue weighted by atomic mass is 16.5. The lowest BCUT2D eigenvalue weighted by Gasteiger charge is -2.18. The predicted molar refractivity (Wildman–Crippen MR) is 74.9 cm³/mol. The van der Waals surface area contributed by atoms with Crippen molar-refractivity contribution in [2.45, 2.75) is 38.5 Å². The Hall–Kier alpha value is -1.39. The number of nitrogens with one attached hydrogen (secondary N) is 2. The monoisotopic (exact) mass is 262 g/mol. The number of rotatable bonds is 4. The lowest BCUT2D eigenvalue weighted by molar-refractivity contribution is -0.123. The van der Waals surface area contributed by atoms with Crippen molar-refractivity contribution >= 4 is 5.91 Å². The van der Waals surface area contributed by atoms with Gasteiger partial charge in [-0.1, -0.05) is 29.8 Å². The third kappa shape index (κ3) is 3.55. The molecule has 1 fully saturated rings. The van der Waals surface area contributed by atoms with Crippen molar-refractivity contribution in [3.63, 3.8) is 0 Å². The van der Waals surface area contributed by atoms with E-state index in [1.165, 1.54) is 5.56 Å². The van der Waals surface area contributed by atoms with Crippen molar-refractivity contribution in [1.82, 2.24) is 10.6 Å². The second kappa shape index (κ2) is 6.17. The number of hydrogen-bond donors (Lipinski definition) is 2. The molecule has 2 rings (SSSR count). The summed E-state index contributed by atoms with van der Waals surface area (Å²) in [5.41, 5.74) is 2.34. The molecule has 1 aromatic rings. The lowest BCUT2D eigenvalue weighted by atomic mass is 10.1. The highest BCUT2D eigenvalue weighted by molar-refractivity contribution is 5.82. The molecule has 1 heterocycles. The second-order valence-electron chi connectivity index (χ2n) is 5.20. The van der Waals surface area contributed by atoms with Gasteiger partial charge in [-0.2, -0.15) is 0 Å². The fourth-order valence-corrected chi connectivity index (χ4v) is 2.42. The fourth-order valence-electron chi connectivity index (χ4n) is 2.42. The standard InChI is InChI=1S/C15H22N2O2/c1-10-5-4-6-12(7-10)11(2)17-15(18)14-8-13(19-3)9-16-14/h4-7,11,13-14,16H,8-9H2,1-3H3,(H,17,18)/t11-,13?,14?/m1/s1. The molecule has 19 heavy (non-hydrogen) atoms. The summed E-state index contributed by atoms with van der Waals surface area (Å²) in [4.78, 5) is 12.1. The Bertz CT molecular complexity index is 448. The first kappa shape index (κ1) is 14.0. The smallest absolute Gasteiger partial charge is 0.237 e. The summed E-state index contributed by atoms with van der Waals surface area (Å²) in [5.74, 6) is 0.0496. The number of methoxy groups -OCH3 is 1. The average molecular weight is 262 g/mol. The molecule has 1 amide bonds. The van der Waals surface area contributed by atoms with E-state index < -0.39 is 0 Å². The molecule has 1 saturated heterocycles. The van der Waals surface area contributed by atoms with Crippen LogP contribution in [0.25, 0.3) is 0 Å². The number of ether oxygens (including phenoxy) is 1. The molecule has 2 unspecified atom stereocenters. The number of amides is 1. The van der Waals surface area contributed by atoms with Crippen molar-refractivity contribution in [2.75, 3.05) is 13.7 Å². The van der Waals surface area contributed by atoms with Gasteiger partial charge < -0.3 is 15.4 Å². The SMILES string of the molecule is COC1CNC(C(=O)N[C@H](C)c2cccc(C)c2)C1. The first-order chi connectivity index (χ1) is 9.10. The summed E-state index contributed by atoms with van der Waals surface area (Å²) in [6.45, 7) is 4.81. The number of hydrogen-bond acceptors (Lipinski definition) is 3. The van der Waals surface area contributed by atoms with Gasteiger partial charge in [0.1, 0.15) is 0 Å². The van der Waals surface area contributed by atoms with Crippen LogP contribution in [0.1, 0.15) is 30.5 Å². The Morgan fingerprint density at radius 1 is 1.53 bits per heavy atom. The fraction of sp³-hybridized carbons (Fsp3) is 0.533. The van der Waals surface area contributed by atoms with Crippen molar-refractivity contribution in [2.24, 2.45) is 0 Å². The number of carbonyl (C=O) groups is 1. The van der Waals surface area contributed by atoms with Crippen LogP contribution in [0.5, 0.6) is 0 Å². The van der Waals surface area contributed by atoms with E-state index in [2.05, 4.69) is 29.7 Å². The van der Waals surface area contributed by atoms with Crippen molar-refractivity contribution in [3.05, 3.63) is 35.4 Å². The molecule has 3 atom stereocenters. The molecule has 0 aromatic heterocycles. The predicted octanol–water partition coefficient (Wildman–Crippen LogP) is 1.55. The van der Waals surface area contributed by atoms with E-state index in [4.69, 9.17) is 4.74 Å². The van der Waals surface area contributed by atoms with Gasteiger partial charge in [-0.3, -0.25) is 4.79 Å². The van der Waals surface area contributed by atoms with Crippen LogP contribution in [-0.2, 0) is 9.53 Å². The van der Waals surface area contributed by atoms with Crippen molar-refractivity contribution in [3.8, 4) is 0 Å². The normalized spacial score (nSPS) is 24.2. The molecule has 1 aliphatic rings. The maximum absolute atomic E-state index is 12.1. The van der Waals surface area contributed by atoms with Crippen LogP contribution in [0.4, 0.5) is 0 Å². The van der Waals surface area contributed by atoms with Gasteiger partial charge in [-0.15, -0.1) is 0 Å². The van der Waals surface area contributed by atoms with Gasteiger partial charge in [0, 0.05) is 13.7 Å². The summed E-state index contributed by atoms with van der Waals surface area (Å²) in [5, 5.41) is 6.24. The van der Waals surface area contributed by atoms with Gasteiger partial charge in [0.05, 0.1) is 18.2 Å². The summed E-state index contributed by atoms with van der Waals surface area (Å²) < 4.78 is 5.25. The maximum Gasteiger partial charge on any atom is 0.237 e.